The van der Waals surface area contributed by atoms with Crippen LogP contribution in [0.4, 0.5) is 11.5 Å². The van der Waals surface area contributed by atoms with Gasteiger partial charge in [0.15, 0.2) is 0 Å². The Morgan fingerprint density at radius 1 is 1.03 bits per heavy atom. The summed E-state index contributed by atoms with van der Waals surface area (Å²) >= 11 is 1.37. The molecule has 5 rings (SSSR count). The van der Waals surface area contributed by atoms with Gasteiger partial charge in [-0.05, 0) is 29.8 Å². The predicted molar refractivity (Wildman–Crippen MR) is 139 cm³/mol. The number of hydrogen-bond donors (Lipinski definition) is 3. The number of thiazole rings is 1. The van der Waals surface area contributed by atoms with Crippen molar-refractivity contribution in [3.8, 4) is 16.4 Å². The molecule has 3 heterocycles. The Hall–Kier alpha value is -3.90. The minimum absolute atomic E-state index is 0.0539. The Labute approximate surface area is 212 Å². The number of aliphatic hydroxyl groups excluding tert-OH is 1. The van der Waals surface area contributed by atoms with Crippen molar-refractivity contribution in [3.63, 3.8) is 0 Å². The van der Waals surface area contributed by atoms with Crippen molar-refractivity contribution in [2.45, 2.75) is 17.9 Å². The second-order valence-corrected chi connectivity index (χ2v) is 10.4. The van der Waals surface area contributed by atoms with Crippen molar-refractivity contribution in [2.24, 2.45) is 5.14 Å². The van der Waals surface area contributed by atoms with Crippen LogP contribution in [-0.4, -0.2) is 33.3 Å². The van der Waals surface area contributed by atoms with Crippen molar-refractivity contribution in [2.75, 3.05) is 5.32 Å². The van der Waals surface area contributed by atoms with E-state index in [9.17, 15) is 13.5 Å². The number of sulfonamides is 1. The van der Waals surface area contributed by atoms with Gasteiger partial charge in [-0.15, -0.1) is 11.3 Å². The number of benzene rings is 2. The maximum absolute atomic E-state index is 11.7. The zero-order chi connectivity index (χ0) is 25.1. The number of aliphatic hydroxyl groups is 1. The van der Waals surface area contributed by atoms with E-state index >= 15 is 0 Å². The van der Waals surface area contributed by atoms with Gasteiger partial charge in [0, 0.05) is 29.1 Å². The van der Waals surface area contributed by atoms with Crippen LogP contribution in [0, 0.1) is 0 Å². The first-order valence-electron chi connectivity index (χ1n) is 10.9. The van der Waals surface area contributed by atoms with Crippen LogP contribution in [0.2, 0.25) is 0 Å². The van der Waals surface area contributed by atoms with Crippen LogP contribution in [-0.2, 0) is 23.1 Å². The molecule has 0 saturated heterocycles. The fourth-order valence-electron chi connectivity index (χ4n) is 3.75. The highest BCUT2D eigenvalue weighted by Gasteiger charge is 2.23. The fourth-order valence-corrected chi connectivity index (χ4v) is 5.04. The molecule has 2 aromatic carbocycles. The van der Waals surface area contributed by atoms with Crippen LogP contribution >= 0.6 is 11.3 Å². The molecule has 0 aliphatic carbocycles. The Morgan fingerprint density at radius 3 is 2.44 bits per heavy atom. The molecular formula is C25H22N6O3S2. The first-order chi connectivity index (χ1) is 17.4. The predicted octanol–water partition coefficient (Wildman–Crippen LogP) is 3.86. The highest BCUT2D eigenvalue weighted by Crippen LogP contribution is 2.35. The van der Waals surface area contributed by atoms with Crippen molar-refractivity contribution >= 4 is 32.9 Å². The lowest BCUT2D eigenvalue weighted by atomic mass is 10.0. The summed E-state index contributed by atoms with van der Waals surface area (Å²) in [5.74, 6) is 0.691. The molecule has 36 heavy (non-hydrogen) atoms. The lowest BCUT2D eigenvalue weighted by Crippen LogP contribution is -2.11. The summed E-state index contributed by atoms with van der Waals surface area (Å²) in [5.41, 5.74) is 4.75. The molecule has 0 spiro atoms. The molecular weight excluding hydrogens is 496 g/mol. The van der Waals surface area contributed by atoms with Crippen LogP contribution in [0.3, 0.4) is 0 Å². The monoisotopic (exact) mass is 518 g/mol. The van der Waals surface area contributed by atoms with Gasteiger partial charge in [-0.25, -0.2) is 18.5 Å². The van der Waals surface area contributed by atoms with Gasteiger partial charge < -0.3 is 10.4 Å². The van der Waals surface area contributed by atoms with Gasteiger partial charge in [0.2, 0.25) is 15.2 Å². The highest BCUT2D eigenvalue weighted by atomic mass is 32.2. The van der Waals surface area contributed by atoms with Crippen LogP contribution in [0.15, 0.2) is 89.4 Å². The van der Waals surface area contributed by atoms with Crippen molar-refractivity contribution in [1.29, 1.82) is 0 Å². The van der Waals surface area contributed by atoms with Crippen LogP contribution < -0.4 is 10.5 Å². The zero-order valence-electron chi connectivity index (χ0n) is 18.9. The number of nitrogens with one attached hydrogen (secondary N) is 1. The van der Waals surface area contributed by atoms with E-state index in [0.717, 1.165) is 28.1 Å². The van der Waals surface area contributed by atoms with Gasteiger partial charge in [0.05, 0.1) is 34.8 Å². The van der Waals surface area contributed by atoms with Gasteiger partial charge in [0.25, 0.3) is 0 Å². The Balaban J connectivity index is 1.68. The third-order valence-corrected chi connectivity index (χ3v) is 7.26. The molecule has 0 atom stereocenters. The van der Waals surface area contributed by atoms with E-state index in [1.165, 1.54) is 23.5 Å². The summed E-state index contributed by atoms with van der Waals surface area (Å²) in [5, 5.41) is 25.6. The summed E-state index contributed by atoms with van der Waals surface area (Å²) in [6.45, 7) is -0.169. The maximum atomic E-state index is 11.7. The van der Waals surface area contributed by atoms with E-state index in [1.807, 2.05) is 42.5 Å². The van der Waals surface area contributed by atoms with Gasteiger partial charge in [0.1, 0.15) is 5.82 Å². The van der Waals surface area contributed by atoms with E-state index in [4.69, 9.17) is 10.2 Å². The lowest BCUT2D eigenvalue weighted by Gasteiger charge is -2.11. The molecule has 0 radical (unpaired) electrons. The number of anilines is 2. The largest absolute Gasteiger partial charge is 0.390 e. The van der Waals surface area contributed by atoms with Gasteiger partial charge in [-0.3, -0.25) is 4.98 Å². The van der Waals surface area contributed by atoms with Gasteiger partial charge in [-0.2, -0.15) is 9.78 Å². The molecule has 5 aromatic rings. The van der Waals surface area contributed by atoms with Crippen molar-refractivity contribution < 1.29 is 13.5 Å². The van der Waals surface area contributed by atoms with Crippen molar-refractivity contribution in [1.82, 2.24) is 19.7 Å². The second-order valence-electron chi connectivity index (χ2n) is 7.97. The number of nitrogens with two attached hydrogens (primary N) is 1. The molecule has 11 heteroatoms. The van der Waals surface area contributed by atoms with E-state index in [0.29, 0.717) is 23.1 Å². The van der Waals surface area contributed by atoms with Crippen LogP contribution in [0.1, 0.15) is 16.8 Å². The number of primary sulfonamides is 1. The van der Waals surface area contributed by atoms with Crippen LogP contribution in [0.25, 0.3) is 16.4 Å². The molecule has 0 unspecified atom stereocenters. The number of rotatable bonds is 8. The first kappa shape index (κ1) is 23.8. The zero-order valence-corrected chi connectivity index (χ0v) is 20.6. The maximum Gasteiger partial charge on any atom is 0.238 e. The normalized spacial score (nSPS) is 11.5. The van der Waals surface area contributed by atoms with E-state index in [1.54, 1.807) is 34.6 Å². The lowest BCUT2D eigenvalue weighted by molar-refractivity contribution is 0.277. The smallest absolute Gasteiger partial charge is 0.238 e. The van der Waals surface area contributed by atoms with Gasteiger partial charge in [-0.1, -0.05) is 42.5 Å². The Morgan fingerprint density at radius 2 is 1.81 bits per heavy atom. The molecule has 0 saturated carbocycles. The Bertz CT molecular complexity index is 1580. The van der Waals surface area contributed by atoms with E-state index < -0.39 is 10.0 Å². The molecule has 3 aromatic heterocycles. The minimum atomic E-state index is -3.79. The molecule has 4 N–H and O–H groups in total. The SMILES string of the molecule is NS(=O)(=O)c1ccc(Cc2c(-c3ccccc3)nn(-c3nc(CO)cs3)c2Nc2cccnc2)cc1. The van der Waals surface area contributed by atoms with Crippen LogP contribution in [0.5, 0.6) is 0 Å². The molecule has 0 amide bonds. The highest BCUT2D eigenvalue weighted by molar-refractivity contribution is 7.89. The van der Waals surface area contributed by atoms with E-state index in [2.05, 4.69) is 15.3 Å². The minimum Gasteiger partial charge on any atom is -0.390 e. The quantitative estimate of drug-likeness (QED) is 0.284. The van der Waals surface area contributed by atoms with Crippen molar-refractivity contribution in [3.05, 3.63) is 101 Å². The summed E-state index contributed by atoms with van der Waals surface area (Å²) in [7, 11) is -3.79. The summed E-state index contributed by atoms with van der Waals surface area (Å²) in [4.78, 5) is 8.79. The molecule has 0 aliphatic rings. The third-order valence-electron chi connectivity index (χ3n) is 5.47. The summed E-state index contributed by atoms with van der Waals surface area (Å²) < 4.78 is 25.2. The summed E-state index contributed by atoms with van der Waals surface area (Å²) in [6.07, 6.45) is 3.86. The summed E-state index contributed by atoms with van der Waals surface area (Å²) in [6, 6.07) is 20.0. The second kappa shape index (κ2) is 9.99. The molecule has 0 fully saturated rings. The average Bonchev–Trinajstić information content (AvgIpc) is 3.50. The number of hydrogen-bond acceptors (Lipinski definition) is 8. The molecule has 182 valence electrons. The number of pyridine rings is 1. The Kier molecular flexibility index (Phi) is 6.61. The topological polar surface area (TPSA) is 136 Å². The molecule has 9 nitrogen and oxygen atoms in total. The fraction of sp³-hybridized carbons (Fsp3) is 0.0800. The molecule has 0 bridgehead atoms. The third kappa shape index (κ3) is 5.04. The standard InChI is InChI=1S/C25H22N6O3S2/c26-36(33,34)21-10-8-17(9-11-21)13-22-23(18-5-2-1-3-6-18)30-31(25-29-20(15-32)16-35-25)24(22)28-19-7-4-12-27-14-19/h1-12,14,16,28,32H,13,15H2,(H2,26,33,34). The average molecular weight is 519 g/mol. The molecule has 0 aliphatic heterocycles. The van der Waals surface area contributed by atoms with E-state index in [-0.39, 0.29) is 11.5 Å². The van der Waals surface area contributed by atoms with Gasteiger partial charge >= 0.3 is 0 Å². The number of aromatic nitrogens is 4. The number of nitrogens with zero attached hydrogens (tertiary/aromatic N) is 4. The first-order valence-corrected chi connectivity index (χ1v) is 13.4.